The Labute approximate surface area is 138 Å². The highest BCUT2D eigenvalue weighted by molar-refractivity contribution is 5.94. The summed E-state index contributed by atoms with van der Waals surface area (Å²) in [5.74, 6) is -1.69. The molecule has 0 aliphatic carbocycles. The average molecular weight is 332 g/mol. The average Bonchev–Trinajstić information content (AvgIpc) is 2.87. The minimum atomic E-state index is -1.09. The molecule has 2 heterocycles. The number of aryl methyl sites for hydroxylation is 2. The predicted octanol–water partition coefficient (Wildman–Crippen LogP) is 0.662. The maximum atomic E-state index is 12.4. The fourth-order valence-electron chi connectivity index (χ4n) is 2.39. The summed E-state index contributed by atoms with van der Waals surface area (Å²) in [6, 6.07) is 3.78. The molecule has 0 radical (unpaired) electrons. The van der Waals surface area contributed by atoms with E-state index in [0.29, 0.717) is 24.4 Å². The highest BCUT2D eigenvalue weighted by atomic mass is 16.4. The molecule has 8 heteroatoms. The van der Waals surface area contributed by atoms with E-state index in [2.05, 4.69) is 15.6 Å². The van der Waals surface area contributed by atoms with Crippen LogP contribution in [0.2, 0.25) is 0 Å². The second kappa shape index (κ2) is 7.58. The monoisotopic (exact) mass is 332 g/mol. The van der Waals surface area contributed by atoms with Crippen LogP contribution in [0.5, 0.6) is 0 Å². The molecule has 0 aromatic carbocycles. The van der Waals surface area contributed by atoms with Gasteiger partial charge in [0.1, 0.15) is 17.9 Å². The number of carboxylic acids is 1. The van der Waals surface area contributed by atoms with Gasteiger partial charge in [0.05, 0.1) is 5.69 Å². The van der Waals surface area contributed by atoms with Crippen LogP contribution >= 0.6 is 0 Å². The van der Waals surface area contributed by atoms with Crippen molar-refractivity contribution in [2.24, 2.45) is 0 Å². The molecule has 24 heavy (non-hydrogen) atoms. The number of hydrogen-bond acceptors (Lipinski definition) is 4. The Bertz CT molecular complexity index is 782. The number of amides is 2. The number of aliphatic carboxylic acids is 1. The zero-order valence-electron chi connectivity index (χ0n) is 13.6. The maximum Gasteiger partial charge on any atom is 0.322 e. The standard InChI is InChI=1S/C16H20N4O4/c1-10-5-4-8-20-14(11(2)19-15(10)20)16(24)17-7-3-6-12(21)18-9-13(22)23/h4-5,8H,3,6-7,9H2,1-2H3,(H,17,24)(H,18,21)(H,22,23). The number of hydrogen-bond donors (Lipinski definition) is 3. The molecule has 2 rings (SSSR count). The first kappa shape index (κ1) is 17.5. The van der Waals surface area contributed by atoms with Gasteiger partial charge in [-0.1, -0.05) is 6.07 Å². The van der Waals surface area contributed by atoms with Gasteiger partial charge in [0.15, 0.2) is 0 Å². The van der Waals surface area contributed by atoms with E-state index < -0.39 is 12.5 Å². The molecule has 0 bridgehead atoms. The number of rotatable bonds is 7. The van der Waals surface area contributed by atoms with Gasteiger partial charge in [-0.2, -0.15) is 0 Å². The lowest BCUT2D eigenvalue weighted by Crippen LogP contribution is -2.31. The van der Waals surface area contributed by atoms with E-state index in [9.17, 15) is 14.4 Å². The van der Waals surface area contributed by atoms with Crippen LogP contribution in [0.1, 0.15) is 34.6 Å². The number of imidazole rings is 1. The Morgan fingerprint density at radius 1 is 1.25 bits per heavy atom. The number of aromatic nitrogens is 2. The van der Waals surface area contributed by atoms with Crippen LogP contribution in [0.15, 0.2) is 18.3 Å². The topological polar surface area (TPSA) is 113 Å². The minimum absolute atomic E-state index is 0.152. The Kier molecular flexibility index (Phi) is 5.51. The molecule has 0 saturated heterocycles. The van der Waals surface area contributed by atoms with Crippen molar-refractivity contribution in [2.45, 2.75) is 26.7 Å². The summed E-state index contributed by atoms with van der Waals surface area (Å²) < 4.78 is 1.75. The molecule has 0 spiro atoms. The van der Waals surface area contributed by atoms with Crippen molar-refractivity contribution in [3.8, 4) is 0 Å². The number of carboxylic acid groups (broad SMARTS) is 1. The van der Waals surface area contributed by atoms with Gasteiger partial charge in [-0.25, -0.2) is 4.98 Å². The third-order valence-electron chi connectivity index (χ3n) is 3.54. The van der Waals surface area contributed by atoms with Gasteiger partial charge in [-0.05, 0) is 31.9 Å². The lowest BCUT2D eigenvalue weighted by atomic mass is 10.2. The van der Waals surface area contributed by atoms with E-state index in [1.165, 1.54) is 0 Å². The highest BCUT2D eigenvalue weighted by Gasteiger charge is 2.17. The van der Waals surface area contributed by atoms with Crippen LogP contribution in [-0.2, 0) is 9.59 Å². The predicted molar refractivity (Wildman–Crippen MR) is 86.9 cm³/mol. The fraction of sp³-hybridized carbons (Fsp3) is 0.375. The van der Waals surface area contributed by atoms with E-state index in [0.717, 1.165) is 11.2 Å². The van der Waals surface area contributed by atoms with Crippen LogP contribution in [0.4, 0.5) is 0 Å². The zero-order valence-corrected chi connectivity index (χ0v) is 13.6. The van der Waals surface area contributed by atoms with E-state index in [1.807, 2.05) is 19.1 Å². The molecule has 0 unspecified atom stereocenters. The maximum absolute atomic E-state index is 12.4. The molecule has 3 N–H and O–H groups in total. The number of carbonyl (C=O) groups is 3. The smallest absolute Gasteiger partial charge is 0.322 e. The van der Waals surface area contributed by atoms with Crippen molar-refractivity contribution >= 4 is 23.4 Å². The Hall–Kier alpha value is -2.90. The first-order valence-corrected chi connectivity index (χ1v) is 7.61. The van der Waals surface area contributed by atoms with Gasteiger partial charge in [0, 0.05) is 19.2 Å². The first-order chi connectivity index (χ1) is 11.4. The molecular weight excluding hydrogens is 312 g/mol. The molecule has 0 fully saturated rings. The van der Waals surface area contributed by atoms with Crippen LogP contribution in [-0.4, -0.2) is 45.4 Å². The third kappa shape index (κ3) is 4.09. The van der Waals surface area contributed by atoms with E-state index in [4.69, 9.17) is 5.11 Å². The fourth-order valence-corrected chi connectivity index (χ4v) is 2.39. The normalized spacial score (nSPS) is 10.6. The summed E-state index contributed by atoms with van der Waals surface area (Å²) >= 11 is 0. The molecule has 0 aliphatic rings. The molecule has 0 atom stereocenters. The van der Waals surface area contributed by atoms with Crippen LogP contribution in [0, 0.1) is 13.8 Å². The van der Waals surface area contributed by atoms with Gasteiger partial charge in [0.25, 0.3) is 5.91 Å². The molecule has 0 aliphatic heterocycles. The second-order valence-electron chi connectivity index (χ2n) is 5.46. The Morgan fingerprint density at radius 2 is 2.00 bits per heavy atom. The van der Waals surface area contributed by atoms with E-state index >= 15 is 0 Å². The summed E-state index contributed by atoms with van der Waals surface area (Å²) in [5.41, 5.74) is 2.84. The summed E-state index contributed by atoms with van der Waals surface area (Å²) in [6.45, 7) is 3.63. The van der Waals surface area contributed by atoms with Crippen LogP contribution < -0.4 is 10.6 Å². The zero-order chi connectivity index (χ0) is 17.7. The lowest BCUT2D eigenvalue weighted by Gasteiger charge is -2.06. The van der Waals surface area contributed by atoms with Crippen molar-refractivity contribution in [2.75, 3.05) is 13.1 Å². The molecular formula is C16H20N4O4. The number of carbonyl (C=O) groups excluding carboxylic acids is 2. The quantitative estimate of drug-likeness (QED) is 0.645. The van der Waals surface area contributed by atoms with E-state index in [1.54, 1.807) is 17.5 Å². The van der Waals surface area contributed by atoms with Crippen molar-refractivity contribution in [1.29, 1.82) is 0 Å². The number of fused-ring (bicyclic) bond motifs is 1. The molecule has 2 aromatic rings. The van der Waals surface area contributed by atoms with Crippen molar-refractivity contribution in [1.82, 2.24) is 20.0 Å². The first-order valence-electron chi connectivity index (χ1n) is 7.61. The SMILES string of the molecule is Cc1nc2c(C)cccn2c1C(=O)NCCCC(=O)NCC(=O)O. The highest BCUT2D eigenvalue weighted by Crippen LogP contribution is 2.15. The molecule has 2 aromatic heterocycles. The van der Waals surface area contributed by atoms with Gasteiger partial charge in [0.2, 0.25) is 5.91 Å². The molecule has 128 valence electrons. The van der Waals surface area contributed by atoms with Crippen LogP contribution in [0.3, 0.4) is 0 Å². The largest absolute Gasteiger partial charge is 0.480 e. The van der Waals surface area contributed by atoms with Crippen molar-refractivity contribution in [3.05, 3.63) is 35.3 Å². The van der Waals surface area contributed by atoms with Crippen molar-refractivity contribution in [3.63, 3.8) is 0 Å². The van der Waals surface area contributed by atoms with Crippen LogP contribution in [0.25, 0.3) is 5.65 Å². The van der Waals surface area contributed by atoms with Gasteiger partial charge < -0.3 is 15.7 Å². The minimum Gasteiger partial charge on any atom is -0.480 e. The summed E-state index contributed by atoms with van der Waals surface area (Å²) in [4.78, 5) is 38.5. The van der Waals surface area contributed by atoms with Gasteiger partial charge in [-0.3, -0.25) is 18.8 Å². The lowest BCUT2D eigenvalue weighted by molar-refractivity contribution is -0.137. The van der Waals surface area contributed by atoms with E-state index in [-0.39, 0.29) is 18.2 Å². The summed E-state index contributed by atoms with van der Waals surface area (Å²) in [7, 11) is 0. The second-order valence-corrected chi connectivity index (χ2v) is 5.46. The number of nitrogens with one attached hydrogen (secondary N) is 2. The molecule has 0 saturated carbocycles. The molecule has 2 amide bonds. The van der Waals surface area contributed by atoms with Gasteiger partial charge in [-0.15, -0.1) is 0 Å². The Balaban J connectivity index is 1.90. The summed E-state index contributed by atoms with van der Waals surface area (Å²) in [6.07, 6.45) is 2.36. The molecule has 8 nitrogen and oxygen atoms in total. The van der Waals surface area contributed by atoms with Crippen molar-refractivity contribution < 1.29 is 19.5 Å². The Morgan fingerprint density at radius 3 is 2.71 bits per heavy atom. The number of pyridine rings is 1. The summed E-state index contributed by atoms with van der Waals surface area (Å²) in [5, 5.41) is 13.5. The van der Waals surface area contributed by atoms with Gasteiger partial charge >= 0.3 is 5.97 Å². The third-order valence-corrected chi connectivity index (χ3v) is 3.54. The number of nitrogens with zero attached hydrogens (tertiary/aromatic N) is 2.